The Balaban J connectivity index is 1.46. The van der Waals surface area contributed by atoms with Gasteiger partial charge in [0.1, 0.15) is 18.1 Å². The summed E-state index contributed by atoms with van der Waals surface area (Å²) in [6.45, 7) is 5.67. The first kappa shape index (κ1) is 25.7. The number of carbonyl (C=O) groups excluding carboxylic acids is 3. The number of carbonyl (C=O) groups is 3. The molecule has 36 heavy (non-hydrogen) atoms. The first-order chi connectivity index (χ1) is 17.4. The standard InChI is InChI=1S/C27H26N4O5/c1-3-15-35-22-13-11-21(12-14-22)29-26(33)27(34)31-28-17-20-8-6-9-23(16-20)36-18-25(32)30-24-10-5-4-7-19(24)2/h3-14,16-17H,1,15,18H2,2H3,(H,29,33)(H,30,32)(H,31,34)/b28-17-. The van der Waals surface area contributed by atoms with Gasteiger partial charge in [0.2, 0.25) is 0 Å². The van der Waals surface area contributed by atoms with Crippen molar-refractivity contribution < 1.29 is 23.9 Å². The Labute approximate surface area is 208 Å². The molecular weight excluding hydrogens is 460 g/mol. The minimum absolute atomic E-state index is 0.173. The number of hydrogen-bond acceptors (Lipinski definition) is 6. The summed E-state index contributed by atoms with van der Waals surface area (Å²) in [7, 11) is 0. The maximum atomic E-state index is 12.2. The van der Waals surface area contributed by atoms with E-state index >= 15 is 0 Å². The van der Waals surface area contributed by atoms with Crippen molar-refractivity contribution in [2.24, 2.45) is 5.10 Å². The number of hydrazone groups is 1. The van der Waals surface area contributed by atoms with Crippen LogP contribution in [0.1, 0.15) is 11.1 Å². The van der Waals surface area contributed by atoms with Crippen LogP contribution >= 0.6 is 0 Å². The van der Waals surface area contributed by atoms with Crippen molar-refractivity contribution in [2.45, 2.75) is 6.92 Å². The van der Waals surface area contributed by atoms with Gasteiger partial charge in [-0.25, -0.2) is 5.43 Å². The van der Waals surface area contributed by atoms with Gasteiger partial charge in [0, 0.05) is 11.4 Å². The largest absolute Gasteiger partial charge is 0.490 e. The molecule has 184 valence electrons. The Morgan fingerprint density at radius 1 is 0.889 bits per heavy atom. The molecule has 0 fully saturated rings. The van der Waals surface area contributed by atoms with E-state index in [9.17, 15) is 14.4 Å². The normalized spacial score (nSPS) is 10.4. The molecule has 0 saturated heterocycles. The maximum Gasteiger partial charge on any atom is 0.329 e. The average molecular weight is 487 g/mol. The summed E-state index contributed by atoms with van der Waals surface area (Å²) >= 11 is 0. The van der Waals surface area contributed by atoms with Gasteiger partial charge in [-0.15, -0.1) is 0 Å². The van der Waals surface area contributed by atoms with Crippen LogP contribution in [0, 0.1) is 6.92 Å². The third-order valence-corrected chi connectivity index (χ3v) is 4.71. The summed E-state index contributed by atoms with van der Waals surface area (Å²) in [5.74, 6) is -1.04. The van der Waals surface area contributed by atoms with Crippen molar-refractivity contribution >= 4 is 35.3 Å². The highest BCUT2D eigenvalue weighted by Crippen LogP contribution is 2.16. The Morgan fingerprint density at radius 2 is 1.67 bits per heavy atom. The Morgan fingerprint density at radius 3 is 2.42 bits per heavy atom. The molecule has 0 saturated carbocycles. The molecular formula is C27H26N4O5. The number of nitrogens with one attached hydrogen (secondary N) is 3. The average Bonchev–Trinajstić information content (AvgIpc) is 2.88. The van der Waals surface area contributed by atoms with Crippen LogP contribution in [0.3, 0.4) is 0 Å². The second-order valence-corrected chi connectivity index (χ2v) is 7.50. The molecule has 3 aromatic rings. The SMILES string of the molecule is C=CCOc1ccc(NC(=O)C(=O)N/N=C\c2cccc(OCC(=O)Nc3ccccc3C)c2)cc1. The van der Waals surface area contributed by atoms with Crippen LogP contribution in [-0.2, 0) is 14.4 Å². The Bertz CT molecular complexity index is 1260. The van der Waals surface area contributed by atoms with Gasteiger partial charge in [0.25, 0.3) is 5.91 Å². The molecule has 0 heterocycles. The van der Waals surface area contributed by atoms with E-state index in [1.54, 1.807) is 54.6 Å². The zero-order valence-electron chi connectivity index (χ0n) is 19.7. The predicted octanol–water partition coefficient (Wildman–Crippen LogP) is 3.67. The van der Waals surface area contributed by atoms with Crippen molar-refractivity contribution in [3.8, 4) is 11.5 Å². The van der Waals surface area contributed by atoms with Crippen LogP contribution in [0.25, 0.3) is 0 Å². The van der Waals surface area contributed by atoms with Gasteiger partial charge in [-0.3, -0.25) is 14.4 Å². The smallest absolute Gasteiger partial charge is 0.329 e. The van der Waals surface area contributed by atoms with Crippen LogP contribution in [0.4, 0.5) is 11.4 Å². The molecule has 0 aliphatic carbocycles. The van der Waals surface area contributed by atoms with Gasteiger partial charge in [-0.2, -0.15) is 5.10 Å². The van der Waals surface area contributed by atoms with E-state index in [2.05, 4.69) is 27.7 Å². The summed E-state index contributed by atoms with van der Waals surface area (Å²) in [5.41, 5.74) is 4.88. The third-order valence-electron chi connectivity index (χ3n) is 4.71. The van der Waals surface area contributed by atoms with Crippen LogP contribution in [0.2, 0.25) is 0 Å². The number of aryl methyl sites for hydroxylation is 1. The number of rotatable bonds is 10. The predicted molar refractivity (Wildman–Crippen MR) is 138 cm³/mol. The van der Waals surface area contributed by atoms with Crippen molar-refractivity contribution in [2.75, 3.05) is 23.8 Å². The van der Waals surface area contributed by atoms with Crippen LogP contribution in [0.5, 0.6) is 11.5 Å². The van der Waals surface area contributed by atoms with Gasteiger partial charge < -0.3 is 20.1 Å². The van der Waals surface area contributed by atoms with Crippen molar-refractivity contribution in [3.05, 3.63) is 96.6 Å². The molecule has 0 atom stereocenters. The van der Waals surface area contributed by atoms with Gasteiger partial charge >= 0.3 is 11.8 Å². The number of benzene rings is 3. The minimum atomic E-state index is -0.932. The Hall–Kier alpha value is -4.92. The van der Waals surface area contributed by atoms with E-state index in [-0.39, 0.29) is 12.5 Å². The van der Waals surface area contributed by atoms with Crippen LogP contribution in [-0.4, -0.2) is 37.1 Å². The lowest BCUT2D eigenvalue weighted by molar-refractivity contribution is -0.136. The molecule has 3 rings (SSSR count). The van der Waals surface area contributed by atoms with Gasteiger partial charge in [-0.1, -0.05) is 43.0 Å². The number of ether oxygens (including phenoxy) is 2. The summed E-state index contributed by atoms with van der Waals surface area (Å²) in [6.07, 6.45) is 2.98. The summed E-state index contributed by atoms with van der Waals surface area (Å²) in [6, 6.07) is 20.8. The number of amides is 3. The van der Waals surface area contributed by atoms with E-state index in [1.165, 1.54) is 6.21 Å². The summed E-state index contributed by atoms with van der Waals surface area (Å²) in [5, 5.41) is 9.07. The molecule has 0 spiro atoms. The summed E-state index contributed by atoms with van der Waals surface area (Å²) in [4.78, 5) is 36.3. The monoisotopic (exact) mass is 486 g/mol. The maximum absolute atomic E-state index is 12.2. The fraction of sp³-hybridized carbons (Fsp3) is 0.111. The molecule has 3 aromatic carbocycles. The molecule has 3 amide bonds. The number of para-hydroxylation sites is 1. The zero-order valence-corrected chi connectivity index (χ0v) is 19.7. The number of anilines is 2. The lowest BCUT2D eigenvalue weighted by Crippen LogP contribution is -2.32. The second kappa shape index (κ2) is 13.1. The van der Waals surface area contributed by atoms with Crippen LogP contribution in [0.15, 0.2) is 90.6 Å². The van der Waals surface area contributed by atoms with Crippen molar-refractivity contribution in [3.63, 3.8) is 0 Å². The Kier molecular flexibility index (Phi) is 9.35. The lowest BCUT2D eigenvalue weighted by atomic mass is 10.2. The fourth-order valence-electron chi connectivity index (χ4n) is 2.93. The van der Waals surface area contributed by atoms with Crippen LogP contribution < -0.4 is 25.5 Å². The van der Waals surface area contributed by atoms with E-state index in [0.29, 0.717) is 29.4 Å². The molecule has 3 N–H and O–H groups in total. The zero-order chi connectivity index (χ0) is 25.8. The molecule has 0 aliphatic rings. The first-order valence-electron chi connectivity index (χ1n) is 11.0. The van der Waals surface area contributed by atoms with Crippen molar-refractivity contribution in [1.29, 1.82) is 0 Å². The van der Waals surface area contributed by atoms with Gasteiger partial charge in [0.15, 0.2) is 6.61 Å². The highest BCUT2D eigenvalue weighted by atomic mass is 16.5. The molecule has 0 radical (unpaired) electrons. The minimum Gasteiger partial charge on any atom is -0.490 e. The highest BCUT2D eigenvalue weighted by molar-refractivity contribution is 6.39. The molecule has 9 heteroatoms. The molecule has 0 bridgehead atoms. The molecule has 9 nitrogen and oxygen atoms in total. The molecule has 0 unspecified atom stereocenters. The fourth-order valence-corrected chi connectivity index (χ4v) is 2.93. The topological polar surface area (TPSA) is 118 Å². The van der Waals surface area contributed by atoms with Crippen molar-refractivity contribution in [1.82, 2.24) is 5.43 Å². The quantitative estimate of drug-likeness (QED) is 0.175. The molecule has 0 aromatic heterocycles. The summed E-state index contributed by atoms with van der Waals surface area (Å²) < 4.78 is 10.9. The number of nitrogens with zero attached hydrogens (tertiary/aromatic N) is 1. The first-order valence-corrected chi connectivity index (χ1v) is 11.0. The highest BCUT2D eigenvalue weighted by Gasteiger charge is 2.13. The van der Waals surface area contributed by atoms with E-state index in [4.69, 9.17) is 9.47 Å². The van der Waals surface area contributed by atoms with E-state index in [1.807, 2.05) is 31.2 Å². The molecule has 0 aliphatic heterocycles. The third kappa shape index (κ3) is 8.14. The lowest BCUT2D eigenvalue weighted by Gasteiger charge is -2.09. The van der Waals surface area contributed by atoms with E-state index in [0.717, 1.165) is 11.3 Å². The second-order valence-electron chi connectivity index (χ2n) is 7.50. The van der Waals surface area contributed by atoms with E-state index < -0.39 is 11.8 Å². The van der Waals surface area contributed by atoms with Gasteiger partial charge in [0.05, 0.1) is 6.21 Å². The van der Waals surface area contributed by atoms with Gasteiger partial charge in [-0.05, 0) is 60.5 Å². The number of hydrogen-bond donors (Lipinski definition) is 3.